The first kappa shape index (κ1) is 25.6. The Kier molecular flexibility index (Phi) is 6.90. The highest BCUT2D eigenvalue weighted by molar-refractivity contribution is 5.95. The minimum atomic E-state index is -0.423. The topological polar surface area (TPSA) is 67.9 Å². The van der Waals surface area contributed by atoms with Crippen LogP contribution in [0.2, 0.25) is 0 Å². The zero-order valence-electron chi connectivity index (χ0n) is 22.8. The molecule has 3 aromatic rings. The molecule has 1 atom stereocenters. The molecule has 204 valence electrons. The number of nitrogens with zero attached hydrogens (tertiary/aromatic N) is 1. The van der Waals surface area contributed by atoms with Crippen molar-refractivity contribution in [3.63, 3.8) is 0 Å². The Morgan fingerprint density at radius 3 is 2.59 bits per heavy atom. The Bertz CT molecular complexity index is 1400. The van der Waals surface area contributed by atoms with E-state index < -0.39 is 5.41 Å². The predicted octanol–water partition coefficient (Wildman–Crippen LogP) is 6.04. The quantitative estimate of drug-likeness (QED) is 0.368. The number of fused-ring (bicyclic) bond motifs is 1. The molecule has 0 bridgehead atoms. The normalized spacial score (nSPS) is 19.2. The lowest BCUT2D eigenvalue weighted by Crippen LogP contribution is -2.40. The van der Waals surface area contributed by atoms with Crippen LogP contribution in [0.3, 0.4) is 0 Å². The second-order valence-corrected chi connectivity index (χ2v) is 11.2. The maximum Gasteiger partial charge on any atom is 0.252 e. The fraction of sp³-hybridized carbons (Fsp3) is 0.394. The standard InChI is InChI=1S/C33H36N2O4.H2/c1-3-27-5-4-16-35(27)20-34-32(37)25-10-8-24(9-11-25)28-17-23(7-6-22(28)2)18-31(36)33(14-15-33)26-12-13-29-30(19-26)39-21-38-29;/h6-13,17,19,27H,3-5,14-16,18,20-21H2,1-2H3,(H,34,37);1H. The zero-order valence-corrected chi connectivity index (χ0v) is 22.8. The Labute approximate surface area is 231 Å². The van der Waals surface area contributed by atoms with Crippen LogP contribution in [0.15, 0.2) is 60.7 Å². The van der Waals surface area contributed by atoms with Crippen molar-refractivity contribution < 1.29 is 20.5 Å². The minimum Gasteiger partial charge on any atom is -0.454 e. The van der Waals surface area contributed by atoms with Crippen molar-refractivity contribution in [3.05, 3.63) is 82.9 Å². The molecular weight excluding hydrogens is 488 g/mol. The van der Waals surface area contributed by atoms with Crippen molar-refractivity contribution in [1.82, 2.24) is 10.2 Å². The smallest absolute Gasteiger partial charge is 0.252 e. The first-order chi connectivity index (χ1) is 19.0. The number of ketones is 1. The van der Waals surface area contributed by atoms with Crippen molar-refractivity contribution in [2.45, 2.75) is 63.8 Å². The monoisotopic (exact) mass is 526 g/mol. The Morgan fingerprint density at radius 2 is 1.82 bits per heavy atom. The molecule has 6 nitrogen and oxygen atoms in total. The molecule has 0 aromatic heterocycles. The van der Waals surface area contributed by atoms with Crippen molar-refractivity contribution in [1.29, 1.82) is 0 Å². The number of amides is 1. The van der Waals surface area contributed by atoms with Gasteiger partial charge in [-0.05, 0) is 91.1 Å². The highest BCUT2D eigenvalue weighted by Gasteiger charge is 2.50. The van der Waals surface area contributed by atoms with E-state index in [1.54, 1.807) is 0 Å². The van der Waals surface area contributed by atoms with E-state index in [0.717, 1.165) is 65.1 Å². The minimum absolute atomic E-state index is 0. The number of hydrogen-bond donors (Lipinski definition) is 1. The second kappa shape index (κ2) is 10.5. The number of ether oxygens (including phenoxy) is 2. The maximum atomic E-state index is 13.5. The van der Waals surface area contributed by atoms with Crippen LogP contribution in [0.25, 0.3) is 11.1 Å². The summed E-state index contributed by atoms with van der Waals surface area (Å²) in [6, 6.07) is 20.5. The summed E-state index contributed by atoms with van der Waals surface area (Å²) >= 11 is 0. The molecule has 3 aromatic carbocycles. The van der Waals surface area contributed by atoms with Gasteiger partial charge in [-0.15, -0.1) is 0 Å². The number of carbonyl (C=O) groups excluding carboxylic acids is 2. The summed E-state index contributed by atoms with van der Waals surface area (Å²) in [6.07, 6.45) is 5.65. The molecule has 0 spiro atoms. The summed E-state index contributed by atoms with van der Waals surface area (Å²) < 4.78 is 11.0. The highest BCUT2D eigenvalue weighted by atomic mass is 16.7. The van der Waals surface area contributed by atoms with Crippen molar-refractivity contribution in [3.8, 4) is 22.6 Å². The van der Waals surface area contributed by atoms with Crippen LogP contribution in [-0.4, -0.2) is 42.6 Å². The van der Waals surface area contributed by atoms with Gasteiger partial charge in [0.1, 0.15) is 5.78 Å². The molecule has 6 heteroatoms. The molecule has 39 heavy (non-hydrogen) atoms. The number of carbonyl (C=O) groups is 2. The number of nitrogens with one attached hydrogen (secondary N) is 1. The molecule has 0 radical (unpaired) electrons. The van der Waals surface area contributed by atoms with E-state index >= 15 is 0 Å². The molecule has 1 saturated carbocycles. The van der Waals surface area contributed by atoms with Crippen molar-refractivity contribution in [2.75, 3.05) is 20.0 Å². The van der Waals surface area contributed by atoms with Crippen LogP contribution >= 0.6 is 0 Å². The maximum absolute atomic E-state index is 13.5. The Hall–Kier alpha value is -3.64. The van der Waals surface area contributed by atoms with Gasteiger partial charge in [-0.1, -0.05) is 43.3 Å². The third-order valence-corrected chi connectivity index (χ3v) is 8.75. The van der Waals surface area contributed by atoms with Crippen LogP contribution in [0.5, 0.6) is 11.5 Å². The van der Waals surface area contributed by atoms with Gasteiger partial charge < -0.3 is 14.8 Å². The largest absolute Gasteiger partial charge is 0.454 e. The van der Waals surface area contributed by atoms with E-state index in [4.69, 9.17) is 9.47 Å². The van der Waals surface area contributed by atoms with E-state index in [-0.39, 0.29) is 19.9 Å². The molecule has 1 saturated heterocycles. The second-order valence-electron chi connectivity index (χ2n) is 11.2. The van der Waals surface area contributed by atoms with Gasteiger partial charge in [0.15, 0.2) is 11.5 Å². The number of likely N-dealkylation sites (tertiary alicyclic amines) is 1. The summed E-state index contributed by atoms with van der Waals surface area (Å²) in [5.41, 5.74) is 5.53. The number of benzene rings is 3. The SMILES string of the molecule is CCC1CCCN1CNC(=O)c1ccc(-c2cc(CC(=O)C3(c4ccc5c(c4)OCO5)CC3)ccc2C)cc1.[HH]. The van der Waals surface area contributed by atoms with Gasteiger partial charge in [-0.2, -0.15) is 0 Å². The lowest BCUT2D eigenvalue weighted by Gasteiger charge is -2.23. The van der Waals surface area contributed by atoms with Crippen molar-refractivity contribution in [2.24, 2.45) is 0 Å². The van der Waals surface area contributed by atoms with Gasteiger partial charge in [0.05, 0.1) is 12.1 Å². The van der Waals surface area contributed by atoms with Crippen LogP contribution in [0, 0.1) is 6.92 Å². The van der Waals surface area contributed by atoms with Gasteiger partial charge >= 0.3 is 0 Å². The zero-order chi connectivity index (χ0) is 27.0. The van der Waals surface area contributed by atoms with E-state index in [1.807, 2.05) is 42.5 Å². The summed E-state index contributed by atoms with van der Waals surface area (Å²) in [5, 5.41) is 3.09. The number of rotatable bonds is 9. The molecule has 6 rings (SSSR count). The Balaban J connectivity index is 0.00000323. The lowest BCUT2D eigenvalue weighted by molar-refractivity contribution is -0.120. The molecule has 1 aliphatic carbocycles. The van der Waals surface area contributed by atoms with Crippen LogP contribution < -0.4 is 14.8 Å². The van der Waals surface area contributed by atoms with Gasteiger partial charge in [0.2, 0.25) is 6.79 Å². The predicted molar refractivity (Wildman–Crippen MR) is 153 cm³/mol. The number of aryl methyl sites for hydroxylation is 1. The van der Waals surface area contributed by atoms with Gasteiger partial charge in [0, 0.05) is 26.0 Å². The summed E-state index contributed by atoms with van der Waals surface area (Å²) in [6.45, 7) is 6.17. The van der Waals surface area contributed by atoms with E-state index in [0.29, 0.717) is 24.7 Å². The van der Waals surface area contributed by atoms with Crippen LogP contribution in [0.4, 0.5) is 0 Å². The highest BCUT2D eigenvalue weighted by Crippen LogP contribution is 2.51. The average Bonchev–Trinajstić information content (AvgIpc) is 3.42. The molecule has 3 aliphatic rings. The fourth-order valence-electron chi connectivity index (χ4n) is 6.13. The van der Waals surface area contributed by atoms with E-state index in [2.05, 4.69) is 42.3 Å². The molecule has 2 aliphatic heterocycles. The third kappa shape index (κ3) is 5.06. The molecular formula is C33H38N2O4. The fourth-order valence-corrected chi connectivity index (χ4v) is 6.13. The van der Waals surface area contributed by atoms with E-state index in [9.17, 15) is 9.59 Å². The number of hydrogen-bond acceptors (Lipinski definition) is 5. The number of Topliss-reactive ketones (excluding diaryl/α,β-unsaturated/α-hetero) is 1. The molecule has 1 amide bonds. The molecule has 1 unspecified atom stereocenters. The molecule has 2 heterocycles. The molecule has 2 fully saturated rings. The third-order valence-electron chi connectivity index (χ3n) is 8.75. The molecule has 1 N–H and O–H groups in total. The van der Waals surface area contributed by atoms with Crippen LogP contribution in [-0.2, 0) is 16.6 Å². The summed E-state index contributed by atoms with van der Waals surface area (Å²) in [4.78, 5) is 28.7. The average molecular weight is 527 g/mol. The van der Waals surface area contributed by atoms with Gasteiger partial charge in [-0.25, -0.2) is 0 Å². The first-order valence-corrected chi connectivity index (χ1v) is 14.1. The summed E-state index contributed by atoms with van der Waals surface area (Å²) in [7, 11) is 0. The summed E-state index contributed by atoms with van der Waals surface area (Å²) in [5.74, 6) is 1.66. The van der Waals surface area contributed by atoms with Gasteiger partial charge in [0.25, 0.3) is 5.91 Å². The first-order valence-electron chi connectivity index (χ1n) is 14.1. The van der Waals surface area contributed by atoms with Crippen molar-refractivity contribution >= 4 is 11.7 Å². The van der Waals surface area contributed by atoms with E-state index in [1.165, 1.54) is 12.8 Å². The van der Waals surface area contributed by atoms with Crippen LogP contribution in [0.1, 0.15) is 67.5 Å². The lowest BCUT2D eigenvalue weighted by atomic mass is 9.87. The van der Waals surface area contributed by atoms with Gasteiger partial charge in [-0.3, -0.25) is 14.5 Å². The Morgan fingerprint density at radius 1 is 1.03 bits per heavy atom.